The van der Waals surface area contributed by atoms with Crippen molar-refractivity contribution in [2.45, 2.75) is 51.4 Å². The van der Waals surface area contributed by atoms with Crippen LogP contribution in [0.3, 0.4) is 0 Å². The van der Waals surface area contributed by atoms with Gasteiger partial charge in [-0.25, -0.2) is 0 Å². The number of amides is 1. The molecule has 1 aliphatic rings. The van der Waals surface area contributed by atoms with Crippen molar-refractivity contribution < 1.29 is 19.4 Å². The molecule has 2 N–H and O–H groups in total. The van der Waals surface area contributed by atoms with Crippen LogP contribution in [0.4, 0.5) is 0 Å². The smallest absolute Gasteiger partial charge is 0.251 e. The van der Waals surface area contributed by atoms with Gasteiger partial charge in [0.15, 0.2) is 0 Å². The number of benzene rings is 2. The molecule has 5 heteroatoms. The summed E-state index contributed by atoms with van der Waals surface area (Å²) in [5, 5.41) is 11.5. The molecule has 0 atom stereocenters. The third-order valence-electron chi connectivity index (χ3n) is 6.50. The fourth-order valence-electron chi connectivity index (χ4n) is 4.48. The summed E-state index contributed by atoms with van der Waals surface area (Å²) in [6.07, 6.45) is 6.24. The van der Waals surface area contributed by atoms with Crippen molar-refractivity contribution >= 4 is 18.1 Å². The van der Waals surface area contributed by atoms with E-state index in [9.17, 15) is 4.79 Å². The molecule has 0 fully saturated rings. The fourth-order valence-corrected chi connectivity index (χ4v) is 4.48. The van der Waals surface area contributed by atoms with Gasteiger partial charge in [0.1, 0.15) is 11.5 Å². The second kappa shape index (κ2) is 9.37. The molecule has 2 aromatic rings. The van der Waals surface area contributed by atoms with Gasteiger partial charge >= 0.3 is 0 Å². The number of hydrogen-bond acceptors (Lipinski definition) is 4. The van der Waals surface area contributed by atoms with Gasteiger partial charge in [-0.05, 0) is 59.1 Å². The van der Waals surface area contributed by atoms with Gasteiger partial charge in [0.2, 0.25) is 0 Å². The Labute approximate surface area is 191 Å². The molecular weight excluding hydrogens is 402 g/mol. The summed E-state index contributed by atoms with van der Waals surface area (Å²) in [6.45, 7) is 9.30. The van der Waals surface area contributed by atoms with E-state index in [2.05, 4.69) is 39.1 Å². The number of carbonyl (C=O) groups excluding carboxylic acids is 1. The van der Waals surface area contributed by atoms with Gasteiger partial charge in [-0.1, -0.05) is 45.9 Å². The van der Waals surface area contributed by atoms with Gasteiger partial charge < -0.3 is 19.9 Å². The van der Waals surface area contributed by atoms with E-state index in [-0.39, 0.29) is 29.9 Å². The van der Waals surface area contributed by atoms with Crippen LogP contribution in [0.5, 0.6) is 11.5 Å². The molecule has 0 saturated heterocycles. The molecule has 0 unspecified atom stereocenters. The predicted octanol–water partition coefficient (Wildman–Crippen LogP) is 4.95. The number of fused-ring (bicyclic) bond motifs is 1. The molecule has 0 aliphatic heterocycles. The predicted molar refractivity (Wildman–Crippen MR) is 130 cm³/mol. The first-order valence-electron chi connectivity index (χ1n) is 11.1. The summed E-state index contributed by atoms with van der Waals surface area (Å²) in [6, 6.07) is 9.52. The number of nitrogens with one attached hydrogen (secondary N) is 1. The third-order valence-corrected chi connectivity index (χ3v) is 6.50. The number of methoxy groups -OCH3 is 2. The number of aliphatic hydroxyl groups is 1. The monoisotopic (exact) mass is 437 g/mol. The average molecular weight is 438 g/mol. The van der Waals surface area contributed by atoms with Crippen molar-refractivity contribution in [3.05, 3.63) is 58.1 Å². The minimum atomic E-state index is -0.197. The highest BCUT2D eigenvalue weighted by Crippen LogP contribution is 2.52. The highest BCUT2D eigenvalue weighted by molar-refractivity contribution is 5.94. The lowest BCUT2D eigenvalue weighted by Gasteiger charge is -2.43. The van der Waals surface area contributed by atoms with Crippen molar-refractivity contribution in [2.24, 2.45) is 0 Å². The first-order chi connectivity index (χ1) is 15.1. The molecule has 0 spiro atoms. The largest absolute Gasteiger partial charge is 0.496 e. The van der Waals surface area contributed by atoms with Crippen LogP contribution in [0.2, 0.25) is 0 Å². The minimum Gasteiger partial charge on any atom is -0.496 e. The summed E-state index contributed by atoms with van der Waals surface area (Å²) >= 11 is 0. The molecule has 172 valence electrons. The summed E-state index contributed by atoms with van der Waals surface area (Å²) in [7, 11) is 3.42. The standard InChI is InChI=1S/C27H35NO4/c1-26(2)13-14-27(3,4)23-21(26)17-22(31-5)20(24(23)32-6)12-9-18-7-10-19(11-8-18)25(30)28-15-16-29/h7-12,17,29H,13-16H2,1-6H3,(H,28,30)/b12-9+. The van der Waals surface area contributed by atoms with Crippen molar-refractivity contribution in [1.29, 1.82) is 0 Å². The zero-order chi connectivity index (χ0) is 23.5. The lowest BCUT2D eigenvalue weighted by molar-refractivity contribution is 0.0945. The van der Waals surface area contributed by atoms with Crippen molar-refractivity contribution in [1.82, 2.24) is 5.32 Å². The highest BCUT2D eigenvalue weighted by Gasteiger charge is 2.40. The van der Waals surface area contributed by atoms with E-state index >= 15 is 0 Å². The first-order valence-corrected chi connectivity index (χ1v) is 11.1. The van der Waals surface area contributed by atoms with Crippen molar-refractivity contribution in [3.8, 4) is 11.5 Å². The highest BCUT2D eigenvalue weighted by atomic mass is 16.5. The zero-order valence-corrected chi connectivity index (χ0v) is 20.0. The van der Waals surface area contributed by atoms with Crippen molar-refractivity contribution in [2.75, 3.05) is 27.4 Å². The number of ether oxygens (including phenoxy) is 2. The Bertz CT molecular complexity index is 1000. The van der Waals surface area contributed by atoms with Crippen LogP contribution in [0.1, 0.15) is 73.1 Å². The summed E-state index contributed by atoms with van der Waals surface area (Å²) in [5.41, 5.74) is 5.05. The summed E-state index contributed by atoms with van der Waals surface area (Å²) < 4.78 is 11.8. The van der Waals surface area contributed by atoms with Gasteiger partial charge in [0.25, 0.3) is 5.91 Å². The van der Waals surface area contributed by atoms with Gasteiger partial charge in [0.05, 0.1) is 26.4 Å². The third kappa shape index (κ3) is 4.68. The van der Waals surface area contributed by atoms with E-state index < -0.39 is 0 Å². The molecule has 5 nitrogen and oxygen atoms in total. The zero-order valence-electron chi connectivity index (χ0n) is 20.0. The molecule has 0 heterocycles. The van der Waals surface area contributed by atoms with Crippen LogP contribution in [-0.4, -0.2) is 38.4 Å². The Morgan fingerprint density at radius 1 is 1.03 bits per heavy atom. The van der Waals surface area contributed by atoms with Crippen molar-refractivity contribution in [3.63, 3.8) is 0 Å². The second-order valence-corrected chi connectivity index (χ2v) is 9.65. The maximum atomic E-state index is 12.0. The maximum Gasteiger partial charge on any atom is 0.251 e. The molecule has 2 aromatic carbocycles. The van der Waals surface area contributed by atoms with Gasteiger partial charge in [-0.15, -0.1) is 0 Å². The molecule has 32 heavy (non-hydrogen) atoms. The number of carbonyl (C=O) groups is 1. The second-order valence-electron chi connectivity index (χ2n) is 9.65. The summed E-state index contributed by atoms with van der Waals surface area (Å²) in [5.74, 6) is 1.47. The van der Waals surface area contributed by atoms with E-state index in [1.54, 1.807) is 26.4 Å². The molecule has 0 saturated carbocycles. The Kier molecular flexibility index (Phi) is 6.99. The number of aliphatic hydroxyl groups excluding tert-OH is 1. The fraction of sp³-hybridized carbons (Fsp3) is 0.444. The van der Waals surface area contributed by atoms with Gasteiger partial charge in [0, 0.05) is 17.7 Å². The molecule has 3 rings (SSSR count). The number of hydrogen-bond donors (Lipinski definition) is 2. The van der Waals surface area contributed by atoms with E-state index in [1.165, 1.54) is 11.1 Å². The van der Waals surface area contributed by atoms with Crippen LogP contribution in [0.25, 0.3) is 12.2 Å². The quantitative estimate of drug-likeness (QED) is 0.602. The lowest BCUT2D eigenvalue weighted by atomic mass is 9.62. The Balaban J connectivity index is 2.01. The van der Waals surface area contributed by atoms with E-state index in [0.717, 1.165) is 35.5 Å². The van der Waals surface area contributed by atoms with E-state index in [1.807, 2.05) is 24.3 Å². The molecule has 0 aromatic heterocycles. The van der Waals surface area contributed by atoms with Crippen LogP contribution in [0.15, 0.2) is 30.3 Å². The Morgan fingerprint density at radius 2 is 1.69 bits per heavy atom. The van der Waals surface area contributed by atoms with Gasteiger partial charge in [-0.2, -0.15) is 0 Å². The topological polar surface area (TPSA) is 67.8 Å². The minimum absolute atomic E-state index is 0.00857. The molecule has 1 amide bonds. The van der Waals surface area contributed by atoms with Crippen LogP contribution in [0, 0.1) is 0 Å². The lowest BCUT2D eigenvalue weighted by Crippen LogP contribution is -2.34. The molecule has 0 bridgehead atoms. The molecular formula is C27H35NO4. The van der Waals surface area contributed by atoms with E-state index in [4.69, 9.17) is 14.6 Å². The molecule has 0 radical (unpaired) electrons. The Hall–Kier alpha value is -2.79. The maximum absolute atomic E-state index is 12.0. The van der Waals surface area contributed by atoms with Crippen LogP contribution < -0.4 is 14.8 Å². The molecule has 1 aliphatic carbocycles. The van der Waals surface area contributed by atoms with Crippen LogP contribution in [-0.2, 0) is 10.8 Å². The van der Waals surface area contributed by atoms with E-state index in [0.29, 0.717) is 5.56 Å². The first kappa shape index (κ1) is 23.9. The SMILES string of the molecule is COc1cc2c(c(OC)c1/C=C/c1ccc(C(=O)NCCO)cc1)C(C)(C)CCC2(C)C. The van der Waals surface area contributed by atoms with Gasteiger partial charge in [-0.3, -0.25) is 4.79 Å². The average Bonchev–Trinajstić information content (AvgIpc) is 2.78. The number of rotatable bonds is 7. The van der Waals surface area contributed by atoms with Crippen LogP contribution >= 0.6 is 0 Å². The normalized spacial score (nSPS) is 16.5. The Morgan fingerprint density at radius 3 is 2.28 bits per heavy atom. The summed E-state index contributed by atoms with van der Waals surface area (Å²) in [4.78, 5) is 12.0.